The quantitative estimate of drug-likeness (QED) is 0.840. The van der Waals surface area contributed by atoms with E-state index in [9.17, 15) is 4.79 Å². The second-order valence-corrected chi connectivity index (χ2v) is 4.85. The van der Waals surface area contributed by atoms with Gasteiger partial charge in [0.1, 0.15) is 0 Å². The van der Waals surface area contributed by atoms with Gasteiger partial charge in [0, 0.05) is 0 Å². The van der Waals surface area contributed by atoms with Gasteiger partial charge in [-0.05, 0) is 37.5 Å². The van der Waals surface area contributed by atoms with Crippen LogP contribution in [0.4, 0.5) is 0 Å². The molecule has 1 N–H and O–H groups in total. The standard InChI is InChI=1S/C13H16ClNO2/c1-9-6-7-11(12(14)8-9)13(16)15-17-10-4-2-3-5-10/h6-8,10H,2-5H2,1H3,(H,15,16). The number of rotatable bonds is 3. The number of carbonyl (C=O) groups excluding carboxylic acids is 1. The normalized spacial score (nSPS) is 16.1. The van der Waals surface area contributed by atoms with E-state index in [0.717, 1.165) is 18.4 Å². The molecule has 0 bridgehead atoms. The highest BCUT2D eigenvalue weighted by Crippen LogP contribution is 2.21. The summed E-state index contributed by atoms with van der Waals surface area (Å²) in [4.78, 5) is 17.2. The van der Waals surface area contributed by atoms with Crippen molar-refractivity contribution in [3.05, 3.63) is 34.3 Å². The number of benzene rings is 1. The van der Waals surface area contributed by atoms with Crippen LogP contribution in [-0.2, 0) is 4.84 Å². The third-order valence-corrected chi connectivity index (χ3v) is 3.30. The zero-order valence-electron chi connectivity index (χ0n) is 9.83. The molecule has 0 saturated heterocycles. The molecule has 1 aliphatic rings. The predicted octanol–water partition coefficient (Wildman–Crippen LogP) is 3.25. The van der Waals surface area contributed by atoms with Crippen LogP contribution in [0.2, 0.25) is 5.02 Å². The SMILES string of the molecule is Cc1ccc(C(=O)NOC2CCCC2)c(Cl)c1. The van der Waals surface area contributed by atoms with E-state index in [1.54, 1.807) is 12.1 Å². The highest BCUT2D eigenvalue weighted by molar-refractivity contribution is 6.33. The molecule has 0 heterocycles. The topological polar surface area (TPSA) is 38.3 Å². The largest absolute Gasteiger partial charge is 0.276 e. The van der Waals surface area contributed by atoms with Crippen molar-refractivity contribution in [2.75, 3.05) is 0 Å². The van der Waals surface area contributed by atoms with Gasteiger partial charge >= 0.3 is 0 Å². The summed E-state index contributed by atoms with van der Waals surface area (Å²) in [5.74, 6) is -0.276. The van der Waals surface area contributed by atoms with E-state index >= 15 is 0 Å². The van der Waals surface area contributed by atoms with Crippen LogP contribution in [-0.4, -0.2) is 12.0 Å². The van der Waals surface area contributed by atoms with E-state index in [4.69, 9.17) is 16.4 Å². The van der Waals surface area contributed by atoms with E-state index in [0.29, 0.717) is 10.6 Å². The molecule has 3 nitrogen and oxygen atoms in total. The summed E-state index contributed by atoms with van der Waals surface area (Å²) in [6.45, 7) is 1.93. The lowest BCUT2D eigenvalue weighted by molar-refractivity contribution is -0.0124. The zero-order chi connectivity index (χ0) is 12.3. The molecule has 1 aromatic rings. The Bertz CT molecular complexity index is 414. The van der Waals surface area contributed by atoms with Crippen LogP contribution in [0.15, 0.2) is 18.2 Å². The number of nitrogens with one attached hydrogen (secondary N) is 1. The highest BCUT2D eigenvalue weighted by atomic mass is 35.5. The highest BCUT2D eigenvalue weighted by Gasteiger charge is 2.18. The Balaban J connectivity index is 1.94. The summed E-state index contributed by atoms with van der Waals surface area (Å²) < 4.78 is 0. The van der Waals surface area contributed by atoms with Gasteiger partial charge in [0.25, 0.3) is 5.91 Å². The van der Waals surface area contributed by atoms with E-state index in [1.165, 1.54) is 12.8 Å². The van der Waals surface area contributed by atoms with Gasteiger partial charge in [0.15, 0.2) is 0 Å². The molecule has 1 aromatic carbocycles. The molecule has 0 spiro atoms. The molecular weight excluding hydrogens is 238 g/mol. The first-order chi connectivity index (χ1) is 8.16. The molecule has 2 rings (SSSR count). The molecule has 1 amide bonds. The average Bonchev–Trinajstić information content (AvgIpc) is 2.78. The first-order valence-electron chi connectivity index (χ1n) is 5.89. The van der Waals surface area contributed by atoms with Crippen LogP contribution < -0.4 is 5.48 Å². The second-order valence-electron chi connectivity index (χ2n) is 4.44. The Morgan fingerprint density at radius 3 is 2.76 bits per heavy atom. The van der Waals surface area contributed by atoms with Crippen molar-refractivity contribution in [3.8, 4) is 0 Å². The van der Waals surface area contributed by atoms with Crippen LogP contribution in [0.1, 0.15) is 41.6 Å². The lowest BCUT2D eigenvalue weighted by Gasteiger charge is -2.12. The lowest BCUT2D eigenvalue weighted by atomic mass is 10.1. The van der Waals surface area contributed by atoms with Gasteiger partial charge in [-0.2, -0.15) is 0 Å². The minimum atomic E-state index is -0.276. The Labute approximate surface area is 106 Å². The minimum absolute atomic E-state index is 0.156. The van der Waals surface area contributed by atoms with Crippen molar-refractivity contribution < 1.29 is 9.63 Å². The molecule has 1 fully saturated rings. The fourth-order valence-corrected chi connectivity index (χ4v) is 2.32. The van der Waals surface area contributed by atoms with Gasteiger partial charge in [-0.3, -0.25) is 9.63 Å². The van der Waals surface area contributed by atoms with Gasteiger partial charge in [0.2, 0.25) is 0 Å². The number of carbonyl (C=O) groups is 1. The van der Waals surface area contributed by atoms with E-state index < -0.39 is 0 Å². The van der Waals surface area contributed by atoms with Gasteiger partial charge in [0.05, 0.1) is 16.7 Å². The van der Waals surface area contributed by atoms with Crippen LogP contribution >= 0.6 is 11.6 Å². The fraction of sp³-hybridized carbons (Fsp3) is 0.462. The average molecular weight is 254 g/mol. The number of hydrogen-bond donors (Lipinski definition) is 1. The van der Waals surface area contributed by atoms with Crippen LogP contribution in [0, 0.1) is 6.92 Å². The van der Waals surface area contributed by atoms with E-state index in [1.807, 2.05) is 13.0 Å². The molecule has 0 unspecified atom stereocenters. The third kappa shape index (κ3) is 3.20. The number of hydroxylamine groups is 1. The summed E-state index contributed by atoms with van der Waals surface area (Å²) >= 11 is 6.00. The van der Waals surface area contributed by atoms with E-state index in [2.05, 4.69) is 5.48 Å². The van der Waals surface area contributed by atoms with Gasteiger partial charge in [-0.1, -0.05) is 30.5 Å². The molecule has 1 saturated carbocycles. The minimum Gasteiger partial charge on any atom is -0.270 e. The summed E-state index contributed by atoms with van der Waals surface area (Å²) in [7, 11) is 0. The Morgan fingerprint density at radius 1 is 1.41 bits per heavy atom. The Morgan fingerprint density at radius 2 is 2.12 bits per heavy atom. The van der Waals surface area contributed by atoms with Crippen LogP contribution in [0.25, 0.3) is 0 Å². The van der Waals surface area contributed by atoms with Crippen LogP contribution in [0.5, 0.6) is 0 Å². The molecule has 92 valence electrons. The molecule has 0 atom stereocenters. The maximum Gasteiger partial charge on any atom is 0.276 e. The smallest absolute Gasteiger partial charge is 0.270 e. The fourth-order valence-electron chi connectivity index (χ4n) is 2.00. The van der Waals surface area contributed by atoms with Crippen molar-refractivity contribution in [2.45, 2.75) is 38.7 Å². The zero-order valence-corrected chi connectivity index (χ0v) is 10.6. The number of hydrogen-bond acceptors (Lipinski definition) is 2. The van der Waals surface area contributed by atoms with Gasteiger partial charge in [-0.25, -0.2) is 5.48 Å². The first-order valence-corrected chi connectivity index (χ1v) is 6.27. The molecule has 0 aliphatic heterocycles. The maximum atomic E-state index is 11.8. The molecule has 0 aromatic heterocycles. The summed E-state index contributed by atoms with van der Waals surface area (Å²) in [5, 5.41) is 0.456. The van der Waals surface area contributed by atoms with Crippen molar-refractivity contribution in [1.29, 1.82) is 0 Å². The van der Waals surface area contributed by atoms with Crippen LogP contribution in [0.3, 0.4) is 0 Å². The number of amides is 1. The molecule has 0 radical (unpaired) electrons. The Kier molecular flexibility index (Phi) is 4.02. The van der Waals surface area contributed by atoms with Crippen molar-refractivity contribution in [2.24, 2.45) is 0 Å². The lowest BCUT2D eigenvalue weighted by Crippen LogP contribution is -2.28. The molecular formula is C13H16ClNO2. The van der Waals surface area contributed by atoms with Crippen molar-refractivity contribution in [3.63, 3.8) is 0 Å². The molecule has 17 heavy (non-hydrogen) atoms. The molecule has 4 heteroatoms. The summed E-state index contributed by atoms with van der Waals surface area (Å²) in [5.41, 5.74) is 3.96. The van der Waals surface area contributed by atoms with Gasteiger partial charge < -0.3 is 0 Å². The number of halogens is 1. The Hall–Kier alpha value is -1.06. The van der Waals surface area contributed by atoms with Crippen molar-refractivity contribution >= 4 is 17.5 Å². The molecule has 1 aliphatic carbocycles. The van der Waals surface area contributed by atoms with E-state index in [-0.39, 0.29) is 12.0 Å². The summed E-state index contributed by atoms with van der Waals surface area (Å²) in [6.07, 6.45) is 4.53. The second kappa shape index (κ2) is 5.52. The third-order valence-electron chi connectivity index (χ3n) is 2.99. The predicted molar refractivity (Wildman–Crippen MR) is 67.0 cm³/mol. The maximum absolute atomic E-state index is 11.8. The monoisotopic (exact) mass is 253 g/mol. The van der Waals surface area contributed by atoms with Gasteiger partial charge in [-0.15, -0.1) is 0 Å². The number of aryl methyl sites for hydroxylation is 1. The summed E-state index contributed by atoms with van der Waals surface area (Å²) in [6, 6.07) is 5.34. The first kappa shape index (κ1) is 12.4. The van der Waals surface area contributed by atoms with Crippen molar-refractivity contribution in [1.82, 2.24) is 5.48 Å².